The summed E-state index contributed by atoms with van der Waals surface area (Å²) < 4.78 is 12.9. The Labute approximate surface area is 142 Å². The number of furan rings is 1. The van der Waals surface area contributed by atoms with Gasteiger partial charge in [-0.15, -0.1) is 0 Å². The number of nitrogens with one attached hydrogen (secondary N) is 1. The van der Waals surface area contributed by atoms with Gasteiger partial charge in [0.05, 0.1) is 25.0 Å². The van der Waals surface area contributed by atoms with Gasteiger partial charge in [0.25, 0.3) is 5.91 Å². The standard InChI is InChI=1S/C18H27N3O3/c1-2-3-8-21-15-5-11-24-17(15)14-16(21)18(22)19-6-4-7-20-9-12-23-13-10-20/h5,11,14H,2-4,6-10,12-13H2,1H3,(H,19,22). The van der Waals surface area contributed by atoms with Gasteiger partial charge in [0.2, 0.25) is 0 Å². The molecule has 0 unspecified atom stereocenters. The Morgan fingerprint density at radius 3 is 2.88 bits per heavy atom. The Hall–Kier alpha value is -1.79. The number of amides is 1. The monoisotopic (exact) mass is 333 g/mol. The number of ether oxygens (including phenoxy) is 1. The van der Waals surface area contributed by atoms with E-state index in [1.54, 1.807) is 6.26 Å². The number of rotatable bonds is 8. The first-order valence-electron chi connectivity index (χ1n) is 8.94. The van der Waals surface area contributed by atoms with E-state index in [2.05, 4.69) is 21.7 Å². The summed E-state index contributed by atoms with van der Waals surface area (Å²) in [5.41, 5.74) is 2.48. The highest BCUT2D eigenvalue weighted by Gasteiger charge is 2.17. The molecule has 1 aliphatic heterocycles. The van der Waals surface area contributed by atoms with E-state index >= 15 is 0 Å². The summed E-state index contributed by atoms with van der Waals surface area (Å²) in [6.07, 6.45) is 4.78. The highest BCUT2D eigenvalue weighted by Crippen LogP contribution is 2.21. The van der Waals surface area contributed by atoms with Crippen LogP contribution < -0.4 is 5.32 Å². The van der Waals surface area contributed by atoms with Crippen molar-refractivity contribution < 1.29 is 13.9 Å². The molecule has 1 saturated heterocycles. The highest BCUT2D eigenvalue weighted by molar-refractivity contribution is 5.97. The average molecular weight is 333 g/mol. The molecule has 0 aromatic carbocycles. The van der Waals surface area contributed by atoms with E-state index in [4.69, 9.17) is 9.15 Å². The molecular formula is C18H27N3O3. The maximum Gasteiger partial charge on any atom is 0.268 e. The van der Waals surface area contributed by atoms with Crippen molar-refractivity contribution in [2.24, 2.45) is 0 Å². The molecule has 0 bridgehead atoms. The van der Waals surface area contributed by atoms with Crippen molar-refractivity contribution >= 4 is 17.0 Å². The smallest absolute Gasteiger partial charge is 0.268 e. The van der Waals surface area contributed by atoms with Gasteiger partial charge in [0.15, 0.2) is 5.58 Å². The summed E-state index contributed by atoms with van der Waals surface area (Å²) in [4.78, 5) is 14.9. The number of aryl methyl sites for hydroxylation is 1. The number of carbonyl (C=O) groups is 1. The predicted molar refractivity (Wildman–Crippen MR) is 93.3 cm³/mol. The quantitative estimate of drug-likeness (QED) is 0.754. The van der Waals surface area contributed by atoms with Gasteiger partial charge < -0.3 is 19.0 Å². The minimum Gasteiger partial charge on any atom is -0.463 e. The molecule has 3 heterocycles. The summed E-state index contributed by atoms with van der Waals surface area (Å²) in [5, 5.41) is 3.05. The zero-order chi connectivity index (χ0) is 16.8. The average Bonchev–Trinajstić information content (AvgIpc) is 3.19. The minimum atomic E-state index is -0.0144. The molecule has 0 atom stereocenters. The fourth-order valence-electron chi connectivity index (χ4n) is 3.14. The third kappa shape index (κ3) is 3.99. The van der Waals surface area contributed by atoms with Crippen molar-refractivity contribution in [3.63, 3.8) is 0 Å². The molecular weight excluding hydrogens is 306 g/mol. The van der Waals surface area contributed by atoms with Crippen molar-refractivity contribution in [1.82, 2.24) is 14.8 Å². The molecule has 2 aromatic heterocycles. The number of fused-ring (bicyclic) bond motifs is 1. The van der Waals surface area contributed by atoms with Crippen LogP contribution in [-0.2, 0) is 11.3 Å². The molecule has 6 heteroatoms. The number of aromatic nitrogens is 1. The molecule has 1 N–H and O–H groups in total. The number of morpholine rings is 1. The summed E-state index contributed by atoms with van der Waals surface area (Å²) >= 11 is 0. The molecule has 3 rings (SSSR count). The Bertz CT molecular complexity index is 656. The summed E-state index contributed by atoms with van der Waals surface area (Å²) in [6.45, 7) is 8.30. The fraction of sp³-hybridized carbons (Fsp3) is 0.611. The maximum absolute atomic E-state index is 12.5. The Morgan fingerprint density at radius 1 is 1.25 bits per heavy atom. The van der Waals surface area contributed by atoms with Crippen LogP contribution in [0.15, 0.2) is 22.8 Å². The molecule has 6 nitrogen and oxygen atoms in total. The van der Waals surface area contributed by atoms with Gasteiger partial charge in [-0.05, 0) is 19.4 Å². The second-order valence-corrected chi connectivity index (χ2v) is 6.27. The van der Waals surface area contributed by atoms with E-state index in [1.165, 1.54) is 0 Å². The highest BCUT2D eigenvalue weighted by atomic mass is 16.5. The molecule has 1 amide bonds. The fourth-order valence-corrected chi connectivity index (χ4v) is 3.14. The van der Waals surface area contributed by atoms with Crippen LogP contribution in [0, 0.1) is 0 Å². The van der Waals surface area contributed by atoms with E-state index in [0.29, 0.717) is 12.2 Å². The normalized spacial score (nSPS) is 15.9. The van der Waals surface area contributed by atoms with Crippen LogP contribution in [0.4, 0.5) is 0 Å². The van der Waals surface area contributed by atoms with Crippen molar-refractivity contribution in [2.75, 3.05) is 39.4 Å². The number of carbonyl (C=O) groups excluding carboxylic acids is 1. The van der Waals surface area contributed by atoms with E-state index in [0.717, 1.165) is 69.8 Å². The lowest BCUT2D eigenvalue weighted by atomic mass is 10.3. The molecule has 0 spiro atoms. The van der Waals surface area contributed by atoms with Crippen LogP contribution in [0.5, 0.6) is 0 Å². The molecule has 0 radical (unpaired) electrons. The van der Waals surface area contributed by atoms with Gasteiger partial charge in [-0.3, -0.25) is 9.69 Å². The Morgan fingerprint density at radius 2 is 2.08 bits per heavy atom. The first kappa shape index (κ1) is 17.0. The largest absolute Gasteiger partial charge is 0.463 e. The lowest BCUT2D eigenvalue weighted by molar-refractivity contribution is 0.0374. The lowest BCUT2D eigenvalue weighted by Crippen LogP contribution is -2.38. The molecule has 1 aliphatic rings. The predicted octanol–water partition coefficient (Wildman–Crippen LogP) is 2.49. The summed E-state index contributed by atoms with van der Waals surface area (Å²) in [5.74, 6) is -0.0144. The number of hydrogen-bond donors (Lipinski definition) is 1. The zero-order valence-electron chi connectivity index (χ0n) is 14.4. The van der Waals surface area contributed by atoms with Gasteiger partial charge in [0, 0.05) is 38.3 Å². The summed E-state index contributed by atoms with van der Waals surface area (Å²) in [6, 6.07) is 3.78. The minimum absolute atomic E-state index is 0.0144. The molecule has 132 valence electrons. The summed E-state index contributed by atoms with van der Waals surface area (Å²) in [7, 11) is 0. The van der Waals surface area contributed by atoms with Crippen molar-refractivity contribution in [1.29, 1.82) is 0 Å². The molecule has 2 aromatic rings. The van der Waals surface area contributed by atoms with Gasteiger partial charge in [-0.25, -0.2) is 0 Å². The Kier molecular flexibility index (Phi) is 5.93. The third-order valence-electron chi connectivity index (χ3n) is 4.53. The van der Waals surface area contributed by atoms with Crippen LogP contribution in [0.3, 0.4) is 0 Å². The van der Waals surface area contributed by atoms with Gasteiger partial charge in [-0.2, -0.15) is 0 Å². The second kappa shape index (κ2) is 8.35. The SMILES string of the molecule is CCCCn1c(C(=O)NCCCN2CCOCC2)cc2occc21. The number of nitrogens with zero attached hydrogens (tertiary/aromatic N) is 2. The third-order valence-corrected chi connectivity index (χ3v) is 4.53. The van der Waals surface area contributed by atoms with Crippen LogP contribution in [0.1, 0.15) is 36.7 Å². The number of hydrogen-bond acceptors (Lipinski definition) is 4. The second-order valence-electron chi connectivity index (χ2n) is 6.27. The van der Waals surface area contributed by atoms with Gasteiger partial charge in [-0.1, -0.05) is 13.3 Å². The first-order valence-corrected chi connectivity index (χ1v) is 8.94. The first-order chi connectivity index (χ1) is 11.8. The van der Waals surface area contributed by atoms with Gasteiger partial charge >= 0.3 is 0 Å². The molecule has 24 heavy (non-hydrogen) atoms. The van der Waals surface area contributed by atoms with E-state index in [1.807, 2.05) is 12.1 Å². The van der Waals surface area contributed by atoms with Crippen LogP contribution in [-0.4, -0.2) is 54.8 Å². The Balaban J connectivity index is 1.54. The van der Waals surface area contributed by atoms with Crippen LogP contribution in [0.25, 0.3) is 11.1 Å². The molecule has 0 aliphatic carbocycles. The van der Waals surface area contributed by atoms with Crippen LogP contribution >= 0.6 is 0 Å². The van der Waals surface area contributed by atoms with E-state index in [9.17, 15) is 4.79 Å². The topological polar surface area (TPSA) is 59.6 Å². The van der Waals surface area contributed by atoms with E-state index < -0.39 is 0 Å². The zero-order valence-corrected chi connectivity index (χ0v) is 14.4. The van der Waals surface area contributed by atoms with Crippen molar-refractivity contribution in [3.8, 4) is 0 Å². The maximum atomic E-state index is 12.5. The van der Waals surface area contributed by atoms with E-state index in [-0.39, 0.29) is 5.91 Å². The van der Waals surface area contributed by atoms with Gasteiger partial charge in [0.1, 0.15) is 5.69 Å². The van der Waals surface area contributed by atoms with Crippen molar-refractivity contribution in [2.45, 2.75) is 32.7 Å². The van der Waals surface area contributed by atoms with Crippen molar-refractivity contribution in [3.05, 3.63) is 24.1 Å². The lowest BCUT2D eigenvalue weighted by Gasteiger charge is -2.26. The molecule has 0 saturated carbocycles. The molecule has 1 fully saturated rings. The number of unbranched alkanes of at least 4 members (excludes halogenated alkanes) is 1. The van der Waals surface area contributed by atoms with Crippen LogP contribution in [0.2, 0.25) is 0 Å².